The van der Waals surface area contributed by atoms with Gasteiger partial charge in [-0.15, -0.1) is 0 Å². The van der Waals surface area contributed by atoms with Crippen LogP contribution in [0.25, 0.3) is 99.5 Å². The Morgan fingerprint density at radius 2 is 0.831 bits per heavy atom. The highest BCUT2D eigenvalue weighted by Gasteiger charge is 2.29. The summed E-state index contributed by atoms with van der Waals surface area (Å²) in [6, 6.07) is 98.4. The Labute approximate surface area is 448 Å². The summed E-state index contributed by atoms with van der Waals surface area (Å²) in [5, 5.41) is 4.96. The van der Waals surface area contributed by atoms with Gasteiger partial charge in [-0.05, 0) is 165 Å². The van der Waals surface area contributed by atoms with Gasteiger partial charge in [0.05, 0.1) is 22.1 Å². The van der Waals surface area contributed by atoms with Crippen molar-refractivity contribution in [1.82, 2.24) is 9.13 Å². The standard InChI is InChI=1S/C74H51N3/c1-5-19-50(20-6-1)51-33-40-58(41-34-51)77-69-31-17-15-28-63(69)66-47-55(37-45-71(66)77)52-35-38-57(39-36-52)75(60-43-46-72-67(48-60)64-29-16-18-32-70(64)76(72)56-25-11-4-12-26-56)59-42-44-62-61-27-13-14-30-65(61)74(68(62)49-59)73(53-21-7-2-8-22-53)54-23-9-3-10-24-54/h1-11,13-25,27-49H,12,26H2. The highest BCUT2D eigenvalue weighted by atomic mass is 15.1. The number of rotatable bonds is 9. The molecule has 0 saturated carbocycles. The van der Waals surface area contributed by atoms with E-state index in [1.165, 1.54) is 111 Å². The van der Waals surface area contributed by atoms with Gasteiger partial charge in [-0.1, -0.05) is 200 Å². The van der Waals surface area contributed by atoms with Gasteiger partial charge >= 0.3 is 0 Å². The van der Waals surface area contributed by atoms with E-state index in [9.17, 15) is 0 Å². The van der Waals surface area contributed by atoms with Gasteiger partial charge in [-0.2, -0.15) is 0 Å². The van der Waals surface area contributed by atoms with Crippen molar-refractivity contribution in [3.05, 3.63) is 307 Å². The summed E-state index contributed by atoms with van der Waals surface area (Å²) in [6.07, 6.45) is 8.80. The molecule has 0 radical (unpaired) electrons. The van der Waals surface area contributed by atoms with Crippen molar-refractivity contribution in [2.24, 2.45) is 0 Å². The average molecular weight is 982 g/mol. The Balaban J connectivity index is 0.890. The zero-order valence-corrected chi connectivity index (χ0v) is 42.4. The third-order valence-corrected chi connectivity index (χ3v) is 15.9. The quantitative estimate of drug-likeness (QED) is 0.140. The number of nitrogens with zero attached hydrogens (tertiary/aromatic N) is 3. The van der Waals surface area contributed by atoms with Crippen LogP contribution in [0.15, 0.2) is 285 Å². The first kappa shape index (κ1) is 44.5. The van der Waals surface area contributed by atoms with Crippen LogP contribution in [0.5, 0.6) is 0 Å². The summed E-state index contributed by atoms with van der Waals surface area (Å²) < 4.78 is 4.88. The second-order valence-electron chi connectivity index (χ2n) is 20.3. The van der Waals surface area contributed by atoms with Gasteiger partial charge in [0, 0.05) is 50.0 Å². The van der Waals surface area contributed by atoms with Crippen LogP contribution >= 0.6 is 0 Å². The summed E-state index contributed by atoms with van der Waals surface area (Å²) in [7, 11) is 0. The highest BCUT2D eigenvalue weighted by molar-refractivity contribution is 6.15. The molecule has 0 aliphatic heterocycles. The molecule has 3 heteroatoms. The minimum absolute atomic E-state index is 1.00. The molecule has 11 aromatic carbocycles. The van der Waals surface area contributed by atoms with Crippen molar-refractivity contribution in [1.29, 1.82) is 0 Å². The van der Waals surface area contributed by atoms with Crippen LogP contribution in [0.1, 0.15) is 35.1 Å². The number of aromatic nitrogens is 2. The third-order valence-electron chi connectivity index (χ3n) is 15.9. The van der Waals surface area contributed by atoms with Gasteiger partial charge in [0.15, 0.2) is 0 Å². The van der Waals surface area contributed by atoms with Crippen molar-refractivity contribution in [3.63, 3.8) is 0 Å². The fourth-order valence-electron chi connectivity index (χ4n) is 12.4. The number of fused-ring (bicyclic) bond motifs is 9. The van der Waals surface area contributed by atoms with Crippen molar-refractivity contribution in [3.8, 4) is 39.1 Å². The zero-order chi connectivity index (χ0) is 50.8. The highest BCUT2D eigenvalue weighted by Crippen LogP contribution is 2.51. The number of allylic oxidation sites excluding steroid dienone is 4. The van der Waals surface area contributed by atoms with E-state index in [-0.39, 0.29) is 0 Å². The monoisotopic (exact) mass is 981 g/mol. The lowest BCUT2D eigenvalue weighted by Gasteiger charge is -2.27. The fourth-order valence-corrected chi connectivity index (χ4v) is 12.4. The molecule has 0 saturated heterocycles. The van der Waals surface area contributed by atoms with Gasteiger partial charge in [0.1, 0.15) is 0 Å². The normalized spacial score (nSPS) is 12.8. The molecular formula is C74H51N3. The molecule has 13 aromatic rings. The number of para-hydroxylation sites is 2. The molecule has 0 spiro atoms. The maximum Gasteiger partial charge on any atom is 0.0541 e. The van der Waals surface area contributed by atoms with E-state index in [2.05, 4.69) is 299 Å². The molecule has 77 heavy (non-hydrogen) atoms. The smallest absolute Gasteiger partial charge is 0.0541 e. The van der Waals surface area contributed by atoms with Crippen molar-refractivity contribution in [2.75, 3.05) is 4.90 Å². The van der Waals surface area contributed by atoms with Crippen molar-refractivity contribution in [2.45, 2.75) is 12.8 Å². The molecule has 0 atom stereocenters. The predicted octanol–water partition coefficient (Wildman–Crippen LogP) is 19.9. The van der Waals surface area contributed by atoms with Crippen molar-refractivity contribution < 1.29 is 0 Å². The molecule has 2 aliphatic rings. The topological polar surface area (TPSA) is 13.1 Å². The second kappa shape index (κ2) is 18.5. The Morgan fingerprint density at radius 3 is 1.53 bits per heavy atom. The lowest BCUT2D eigenvalue weighted by atomic mass is 9.88. The Morgan fingerprint density at radius 1 is 0.338 bits per heavy atom. The van der Waals surface area contributed by atoms with Crippen LogP contribution < -0.4 is 4.90 Å². The van der Waals surface area contributed by atoms with Gasteiger partial charge in [-0.3, -0.25) is 0 Å². The van der Waals surface area contributed by atoms with Crippen LogP contribution in [0.2, 0.25) is 0 Å². The Kier molecular flexibility index (Phi) is 10.7. The zero-order valence-electron chi connectivity index (χ0n) is 42.4. The number of hydrogen-bond acceptors (Lipinski definition) is 1. The Hall–Kier alpha value is -9.96. The van der Waals surface area contributed by atoms with E-state index >= 15 is 0 Å². The molecule has 0 unspecified atom stereocenters. The summed E-state index contributed by atoms with van der Waals surface area (Å²) >= 11 is 0. The average Bonchev–Trinajstić information content (AvgIpc) is 4.19. The first-order chi connectivity index (χ1) is 38.2. The van der Waals surface area contributed by atoms with E-state index in [4.69, 9.17) is 0 Å². The van der Waals surface area contributed by atoms with Crippen molar-refractivity contribution >= 4 is 77.5 Å². The van der Waals surface area contributed by atoms with E-state index in [0.717, 1.165) is 41.2 Å². The van der Waals surface area contributed by atoms with Gasteiger partial charge < -0.3 is 14.0 Å². The van der Waals surface area contributed by atoms with Gasteiger partial charge in [0.25, 0.3) is 0 Å². The molecule has 2 heterocycles. The fraction of sp³-hybridized carbons (Fsp3) is 0.0270. The molecule has 0 N–H and O–H groups in total. The molecule has 0 amide bonds. The van der Waals surface area contributed by atoms with Gasteiger partial charge in [-0.25, -0.2) is 0 Å². The van der Waals surface area contributed by atoms with E-state index in [1.807, 2.05) is 0 Å². The Bertz CT molecular complexity index is 4470. The maximum atomic E-state index is 2.48. The maximum absolute atomic E-state index is 2.48. The molecule has 0 bridgehead atoms. The van der Waals surface area contributed by atoms with Crippen LogP contribution in [0.3, 0.4) is 0 Å². The van der Waals surface area contributed by atoms with E-state index in [1.54, 1.807) is 0 Å². The lowest BCUT2D eigenvalue weighted by molar-refractivity contribution is 0.979. The SMILES string of the molecule is C1=CCCC(n2c3ccccc3c3cc(N(c4ccc(-c5ccc6c(c5)c5ccccc5n6-c5ccc(-c6ccccc6)cc5)cc4)c4ccc5c(c4)C(=C(c4ccccc4)c4ccccc4)c4ccccc4-5)ccc32)=C1. The molecular weight excluding hydrogens is 931 g/mol. The van der Waals surface area contributed by atoms with Crippen LogP contribution in [0.4, 0.5) is 17.1 Å². The molecule has 2 aliphatic carbocycles. The van der Waals surface area contributed by atoms with E-state index in [0.29, 0.717) is 0 Å². The molecule has 0 fully saturated rings. The number of anilines is 3. The third kappa shape index (κ3) is 7.50. The van der Waals surface area contributed by atoms with Crippen LogP contribution in [-0.2, 0) is 0 Å². The van der Waals surface area contributed by atoms with E-state index < -0.39 is 0 Å². The first-order valence-electron chi connectivity index (χ1n) is 26.8. The largest absolute Gasteiger partial charge is 0.313 e. The second-order valence-corrected chi connectivity index (χ2v) is 20.3. The molecule has 3 nitrogen and oxygen atoms in total. The lowest BCUT2D eigenvalue weighted by Crippen LogP contribution is -2.10. The molecule has 15 rings (SSSR count). The minimum Gasteiger partial charge on any atom is -0.313 e. The minimum atomic E-state index is 1.00. The summed E-state index contributed by atoms with van der Waals surface area (Å²) in [5.41, 5.74) is 25.2. The number of benzene rings is 11. The molecule has 2 aromatic heterocycles. The van der Waals surface area contributed by atoms with Crippen LogP contribution in [0, 0.1) is 0 Å². The molecule has 362 valence electrons. The summed E-state index contributed by atoms with van der Waals surface area (Å²) in [4.78, 5) is 2.46. The first-order valence-corrected chi connectivity index (χ1v) is 26.8. The predicted molar refractivity (Wildman–Crippen MR) is 325 cm³/mol. The van der Waals surface area contributed by atoms with Gasteiger partial charge in [0.2, 0.25) is 0 Å². The number of hydrogen-bond donors (Lipinski definition) is 0. The van der Waals surface area contributed by atoms with Crippen LogP contribution in [-0.4, -0.2) is 9.13 Å². The summed E-state index contributed by atoms with van der Waals surface area (Å²) in [5.74, 6) is 0. The summed E-state index contributed by atoms with van der Waals surface area (Å²) in [6.45, 7) is 0.